The molecule has 4 rings (SSSR count). The maximum atomic E-state index is 12.7. The Kier molecular flexibility index (Phi) is 6.77. The molecule has 0 aliphatic carbocycles. The van der Waals surface area contributed by atoms with E-state index in [2.05, 4.69) is 4.98 Å². The molecular formula is C28H20ClNO3. The molecule has 0 N–H and O–H groups in total. The lowest BCUT2D eigenvalue weighted by molar-refractivity contribution is 0.0597. The summed E-state index contributed by atoms with van der Waals surface area (Å²) in [5.74, 6) is -0.806. The molecule has 1 aromatic heterocycles. The summed E-state index contributed by atoms with van der Waals surface area (Å²) in [7, 11) is 1.29. The van der Waals surface area contributed by atoms with E-state index < -0.39 is 5.97 Å². The van der Waals surface area contributed by atoms with E-state index in [0.29, 0.717) is 10.6 Å². The molecule has 33 heavy (non-hydrogen) atoms. The Hall–Kier alpha value is -4.02. The number of methoxy groups -OCH3 is 1. The molecule has 1 heterocycles. The highest BCUT2D eigenvalue weighted by atomic mass is 35.5. The van der Waals surface area contributed by atoms with E-state index in [1.807, 2.05) is 66.7 Å². The Morgan fingerprint density at radius 2 is 1.55 bits per heavy atom. The van der Waals surface area contributed by atoms with Crippen LogP contribution < -0.4 is 0 Å². The summed E-state index contributed by atoms with van der Waals surface area (Å²) in [5.41, 5.74) is 4.04. The first-order valence-corrected chi connectivity index (χ1v) is 10.7. The summed E-state index contributed by atoms with van der Waals surface area (Å²) in [6.07, 6.45) is 7.08. The first-order chi connectivity index (χ1) is 16.0. The molecular weight excluding hydrogens is 434 g/mol. The molecule has 162 valence electrons. The number of pyridine rings is 1. The molecule has 0 amide bonds. The van der Waals surface area contributed by atoms with Gasteiger partial charge in [-0.25, -0.2) is 9.78 Å². The zero-order valence-electron chi connectivity index (χ0n) is 17.9. The van der Waals surface area contributed by atoms with Gasteiger partial charge < -0.3 is 4.74 Å². The standard InChI is InChI=1S/C28H20ClNO3/c1-33-28(32)25-8-3-2-7-24(25)27(31)16-10-20-6-4-5-19(17-20)9-14-23-15-12-21-11-13-22(29)18-26(21)30-23/h2-18H,1H3/b14-9+,16-10+. The van der Waals surface area contributed by atoms with Crippen LogP contribution in [0.25, 0.3) is 29.1 Å². The van der Waals surface area contributed by atoms with Crippen molar-refractivity contribution >= 4 is 52.5 Å². The average molecular weight is 454 g/mol. The number of ether oxygens (including phenoxy) is 1. The third-order valence-corrected chi connectivity index (χ3v) is 5.29. The fraction of sp³-hybridized carbons (Fsp3) is 0.0357. The monoisotopic (exact) mass is 453 g/mol. The van der Waals surface area contributed by atoms with Crippen molar-refractivity contribution in [1.82, 2.24) is 4.98 Å². The topological polar surface area (TPSA) is 56.3 Å². The van der Waals surface area contributed by atoms with Crippen LogP contribution in [0.1, 0.15) is 37.5 Å². The fourth-order valence-electron chi connectivity index (χ4n) is 3.39. The van der Waals surface area contributed by atoms with Crippen molar-refractivity contribution in [2.24, 2.45) is 0 Å². The lowest BCUT2D eigenvalue weighted by Gasteiger charge is -2.04. The molecule has 0 atom stereocenters. The smallest absolute Gasteiger partial charge is 0.338 e. The quantitative estimate of drug-likeness (QED) is 0.184. The van der Waals surface area contributed by atoms with Gasteiger partial charge in [0.15, 0.2) is 5.78 Å². The summed E-state index contributed by atoms with van der Waals surface area (Å²) in [4.78, 5) is 29.2. The van der Waals surface area contributed by atoms with Crippen molar-refractivity contribution in [3.63, 3.8) is 0 Å². The normalized spacial score (nSPS) is 11.3. The Bertz CT molecular complexity index is 1410. The number of fused-ring (bicyclic) bond motifs is 1. The molecule has 0 aliphatic heterocycles. The van der Waals surface area contributed by atoms with Crippen LogP contribution in [-0.4, -0.2) is 23.8 Å². The molecule has 0 saturated carbocycles. The van der Waals surface area contributed by atoms with Crippen molar-refractivity contribution in [1.29, 1.82) is 0 Å². The highest BCUT2D eigenvalue weighted by molar-refractivity contribution is 6.31. The first kappa shape index (κ1) is 22.2. The number of hydrogen-bond acceptors (Lipinski definition) is 4. The van der Waals surface area contributed by atoms with Crippen LogP contribution in [0.4, 0.5) is 0 Å². The van der Waals surface area contributed by atoms with Crippen molar-refractivity contribution in [2.45, 2.75) is 0 Å². The van der Waals surface area contributed by atoms with E-state index in [9.17, 15) is 9.59 Å². The Labute approximate surface area is 196 Å². The Morgan fingerprint density at radius 1 is 0.818 bits per heavy atom. The number of rotatable bonds is 6. The summed E-state index contributed by atoms with van der Waals surface area (Å²) in [5, 5.41) is 1.68. The van der Waals surface area contributed by atoms with Crippen LogP contribution in [-0.2, 0) is 4.74 Å². The molecule has 3 aromatic carbocycles. The number of carbonyl (C=O) groups is 2. The van der Waals surface area contributed by atoms with E-state index in [-0.39, 0.29) is 11.3 Å². The second kappa shape index (κ2) is 10.1. The molecule has 0 bridgehead atoms. The molecule has 0 radical (unpaired) electrons. The molecule has 0 spiro atoms. The number of allylic oxidation sites excluding steroid dienone is 1. The largest absolute Gasteiger partial charge is 0.465 e. The van der Waals surface area contributed by atoms with E-state index in [4.69, 9.17) is 16.3 Å². The first-order valence-electron chi connectivity index (χ1n) is 10.3. The van der Waals surface area contributed by atoms with E-state index in [0.717, 1.165) is 27.7 Å². The molecule has 4 nitrogen and oxygen atoms in total. The average Bonchev–Trinajstić information content (AvgIpc) is 2.85. The van der Waals surface area contributed by atoms with Gasteiger partial charge in [0.05, 0.1) is 23.9 Å². The number of ketones is 1. The lowest BCUT2D eigenvalue weighted by Crippen LogP contribution is -2.08. The van der Waals surface area contributed by atoms with Gasteiger partial charge in [0, 0.05) is 16.0 Å². The van der Waals surface area contributed by atoms with Crippen LogP contribution in [0.2, 0.25) is 5.02 Å². The summed E-state index contributed by atoms with van der Waals surface area (Å²) >= 11 is 6.07. The molecule has 5 heteroatoms. The van der Waals surface area contributed by atoms with Gasteiger partial charge in [0.2, 0.25) is 0 Å². The van der Waals surface area contributed by atoms with Gasteiger partial charge in [-0.2, -0.15) is 0 Å². The molecule has 0 unspecified atom stereocenters. The number of esters is 1. The van der Waals surface area contributed by atoms with Gasteiger partial charge in [-0.3, -0.25) is 4.79 Å². The number of nitrogens with zero attached hydrogens (tertiary/aromatic N) is 1. The Balaban J connectivity index is 1.52. The van der Waals surface area contributed by atoms with Gasteiger partial charge >= 0.3 is 5.97 Å². The van der Waals surface area contributed by atoms with Crippen molar-refractivity contribution in [3.8, 4) is 0 Å². The second-order valence-corrected chi connectivity index (χ2v) is 7.75. The van der Waals surface area contributed by atoms with Gasteiger partial charge in [0.25, 0.3) is 0 Å². The maximum Gasteiger partial charge on any atom is 0.338 e. The second-order valence-electron chi connectivity index (χ2n) is 7.31. The summed E-state index contributed by atoms with van der Waals surface area (Å²) < 4.78 is 4.76. The van der Waals surface area contributed by atoms with Crippen LogP contribution in [0.3, 0.4) is 0 Å². The van der Waals surface area contributed by atoms with Crippen molar-refractivity contribution in [3.05, 3.63) is 118 Å². The van der Waals surface area contributed by atoms with Crippen LogP contribution in [0.15, 0.2) is 84.9 Å². The molecule has 0 fully saturated rings. The predicted octanol–water partition coefficient (Wildman–Crippen LogP) is 6.74. The van der Waals surface area contributed by atoms with Gasteiger partial charge in [-0.1, -0.05) is 72.3 Å². The SMILES string of the molecule is COC(=O)c1ccccc1C(=O)/C=C/c1cccc(/C=C/c2ccc3ccc(Cl)cc3n2)c1. The third kappa shape index (κ3) is 5.43. The predicted molar refractivity (Wildman–Crippen MR) is 133 cm³/mol. The Morgan fingerprint density at radius 3 is 2.33 bits per heavy atom. The molecule has 0 aliphatic rings. The number of carbonyl (C=O) groups excluding carboxylic acids is 2. The molecule has 0 saturated heterocycles. The third-order valence-electron chi connectivity index (χ3n) is 5.06. The van der Waals surface area contributed by atoms with Gasteiger partial charge in [0.1, 0.15) is 0 Å². The van der Waals surface area contributed by atoms with Gasteiger partial charge in [-0.05, 0) is 53.6 Å². The minimum atomic E-state index is -0.538. The number of halogens is 1. The number of benzene rings is 3. The van der Waals surface area contributed by atoms with Crippen molar-refractivity contribution < 1.29 is 14.3 Å². The van der Waals surface area contributed by atoms with E-state index in [1.54, 1.807) is 30.3 Å². The zero-order valence-corrected chi connectivity index (χ0v) is 18.6. The van der Waals surface area contributed by atoms with E-state index in [1.165, 1.54) is 13.2 Å². The van der Waals surface area contributed by atoms with Crippen LogP contribution >= 0.6 is 11.6 Å². The molecule has 4 aromatic rings. The van der Waals surface area contributed by atoms with E-state index >= 15 is 0 Å². The summed E-state index contributed by atoms with van der Waals surface area (Å²) in [6.45, 7) is 0. The fourth-order valence-corrected chi connectivity index (χ4v) is 3.56. The maximum absolute atomic E-state index is 12.7. The highest BCUT2D eigenvalue weighted by Crippen LogP contribution is 2.19. The highest BCUT2D eigenvalue weighted by Gasteiger charge is 2.14. The zero-order chi connectivity index (χ0) is 23.2. The minimum absolute atomic E-state index is 0.246. The number of hydrogen-bond donors (Lipinski definition) is 0. The minimum Gasteiger partial charge on any atom is -0.465 e. The van der Waals surface area contributed by atoms with Crippen LogP contribution in [0.5, 0.6) is 0 Å². The van der Waals surface area contributed by atoms with Gasteiger partial charge in [-0.15, -0.1) is 0 Å². The van der Waals surface area contributed by atoms with Crippen molar-refractivity contribution in [2.75, 3.05) is 7.11 Å². The number of aromatic nitrogens is 1. The lowest BCUT2D eigenvalue weighted by atomic mass is 10.0. The van der Waals surface area contributed by atoms with Crippen LogP contribution in [0, 0.1) is 0 Å². The summed E-state index contributed by atoms with van der Waals surface area (Å²) in [6, 6.07) is 24.0.